The molecular weight excluding hydrogens is 290 g/mol. The van der Waals surface area contributed by atoms with Gasteiger partial charge in [-0.05, 0) is 38.7 Å². The van der Waals surface area contributed by atoms with Gasteiger partial charge in [0.15, 0.2) is 0 Å². The summed E-state index contributed by atoms with van der Waals surface area (Å²) in [5.74, 6) is 0.151. The molecular formula is C15H22BrNO. The van der Waals surface area contributed by atoms with Crippen LogP contribution in [0.3, 0.4) is 0 Å². The van der Waals surface area contributed by atoms with Gasteiger partial charge in [0.25, 0.3) is 0 Å². The van der Waals surface area contributed by atoms with Crippen LogP contribution >= 0.6 is 15.9 Å². The molecule has 0 saturated heterocycles. The van der Waals surface area contributed by atoms with Crippen molar-refractivity contribution in [1.29, 1.82) is 0 Å². The molecule has 2 nitrogen and oxygen atoms in total. The molecule has 1 atom stereocenters. The number of alkyl halides is 1. The maximum Gasteiger partial charge on any atom is 0.220 e. The van der Waals surface area contributed by atoms with Crippen LogP contribution in [0.4, 0.5) is 0 Å². The number of aryl methyl sites for hydroxylation is 2. The molecule has 1 aromatic carbocycles. The maximum absolute atomic E-state index is 11.7. The minimum absolute atomic E-state index is 0.151. The average Bonchev–Trinajstić information content (AvgIpc) is 2.35. The zero-order valence-corrected chi connectivity index (χ0v) is 12.8. The van der Waals surface area contributed by atoms with Crippen LogP contribution in [0, 0.1) is 6.92 Å². The first-order valence-electron chi connectivity index (χ1n) is 6.52. The summed E-state index contributed by atoms with van der Waals surface area (Å²) in [5, 5.41) is 4.03. The van der Waals surface area contributed by atoms with Gasteiger partial charge in [-0.3, -0.25) is 4.79 Å². The summed E-state index contributed by atoms with van der Waals surface area (Å²) in [5.41, 5.74) is 2.48. The molecule has 1 rings (SSSR count). The van der Waals surface area contributed by atoms with Gasteiger partial charge < -0.3 is 5.32 Å². The normalized spacial score (nSPS) is 12.2. The Morgan fingerprint density at radius 3 is 2.61 bits per heavy atom. The first-order chi connectivity index (χ1) is 8.61. The van der Waals surface area contributed by atoms with Crippen molar-refractivity contribution in [1.82, 2.24) is 5.32 Å². The SMILES string of the molecule is Cc1ccc(CCC(=O)NC(C)CCCBr)cc1. The maximum atomic E-state index is 11.7. The van der Waals surface area contributed by atoms with Crippen molar-refractivity contribution < 1.29 is 4.79 Å². The third-order valence-corrected chi connectivity index (χ3v) is 3.50. The number of nitrogens with one attached hydrogen (secondary N) is 1. The van der Waals surface area contributed by atoms with Gasteiger partial charge in [-0.2, -0.15) is 0 Å². The topological polar surface area (TPSA) is 29.1 Å². The van der Waals surface area contributed by atoms with E-state index in [0.29, 0.717) is 6.42 Å². The van der Waals surface area contributed by atoms with Crippen molar-refractivity contribution in [2.24, 2.45) is 0 Å². The van der Waals surface area contributed by atoms with E-state index >= 15 is 0 Å². The minimum atomic E-state index is 0.151. The van der Waals surface area contributed by atoms with Crippen molar-refractivity contribution in [3.05, 3.63) is 35.4 Å². The Labute approximate surface area is 118 Å². The molecule has 3 heteroatoms. The second kappa shape index (κ2) is 8.30. The zero-order valence-electron chi connectivity index (χ0n) is 11.2. The largest absolute Gasteiger partial charge is 0.354 e. The monoisotopic (exact) mass is 311 g/mol. The molecule has 1 N–H and O–H groups in total. The Morgan fingerprint density at radius 1 is 1.33 bits per heavy atom. The van der Waals surface area contributed by atoms with E-state index in [-0.39, 0.29) is 11.9 Å². The third kappa shape index (κ3) is 6.20. The van der Waals surface area contributed by atoms with E-state index in [4.69, 9.17) is 0 Å². The summed E-state index contributed by atoms with van der Waals surface area (Å²) < 4.78 is 0. The number of rotatable bonds is 7. The second-order valence-corrected chi connectivity index (χ2v) is 5.58. The quantitative estimate of drug-likeness (QED) is 0.766. The molecule has 1 aromatic rings. The smallest absolute Gasteiger partial charge is 0.220 e. The molecule has 0 spiro atoms. The van der Waals surface area contributed by atoms with Crippen LogP contribution < -0.4 is 5.32 Å². The highest BCUT2D eigenvalue weighted by Crippen LogP contribution is 2.06. The highest BCUT2D eigenvalue weighted by Gasteiger charge is 2.06. The van der Waals surface area contributed by atoms with Crippen molar-refractivity contribution in [3.63, 3.8) is 0 Å². The molecule has 0 bridgehead atoms. The van der Waals surface area contributed by atoms with E-state index in [1.165, 1.54) is 11.1 Å². The molecule has 0 aliphatic heterocycles. The van der Waals surface area contributed by atoms with Gasteiger partial charge in [0.2, 0.25) is 5.91 Å². The van der Waals surface area contributed by atoms with Crippen LogP contribution in [0.1, 0.15) is 37.3 Å². The van der Waals surface area contributed by atoms with Crippen LogP contribution in [0.15, 0.2) is 24.3 Å². The second-order valence-electron chi connectivity index (χ2n) is 4.79. The van der Waals surface area contributed by atoms with Gasteiger partial charge in [-0.25, -0.2) is 0 Å². The van der Waals surface area contributed by atoms with Gasteiger partial charge in [-0.15, -0.1) is 0 Å². The van der Waals surface area contributed by atoms with Crippen LogP contribution in [0.2, 0.25) is 0 Å². The van der Waals surface area contributed by atoms with Gasteiger partial charge in [-0.1, -0.05) is 45.8 Å². The fourth-order valence-electron chi connectivity index (χ4n) is 1.82. The van der Waals surface area contributed by atoms with E-state index < -0.39 is 0 Å². The third-order valence-electron chi connectivity index (χ3n) is 2.94. The van der Waals surface area contributed by atoms with Gasteiger partial charge >= 0.3 is 0 Å². The summed E-state index contributed by atoms with van der Waals surface area (Å²) in [6, 6.07) is 8.64. The van der Waals surface area contributed by atoms with E-state index in [2.05, 4.69) is 59.4 Å². The summed E-state index contributed by atoms with van der Waals surface area (Å²) in [6.45, 7) is 4.13. The van der Waals surface area contributed by atoms with Gasteiger partial charge in [0, 0.05) is 17.8 Å². The predicted octanol–water partition coefficient (Wildman–Crippen LogP) is 3.61. The first kappa shape index (κ1) is 15.2. The van der Waals surface area contributed by atoms with E-state index in [0.717, 1.165) is 24.6 Å². The molecule has 18 heavy (non-hydrogen) atoms. The average molecular weight is 312 g/mol. The summed E-state index contributed by atoms with van der Waals surface area (Å²) in [6.07, 6.45) is 3.51. The lowest BCUT2D eigenvalue weighted by Crippen LogP contribution is -2.32. The lowest BCUT2D eigenvalue weighted by molar-refractivity contribution is -0.121. The summed E-state index contributed by atoms with van der Waals surface area (Å²) in [4.78, 5) is 11.7. The number of hydrogen-bond acceptors (Lipinski definition) is 1. The number of halogens is 1. The van der Waals surface area contributed by atoms with Crippen molar-refractivity contribution >= 4 is 21.8 Å². The Hall–Kier alpha value is -0.830. The summed E-state index contributed by atoms with van der Waals surface area (Å²) >= 11 is 3.40. The molecule has 0 aromatic heterocycles. The van der Waals surface area contributed by atoms with Gasteiger partial charge in [0.05, 0.1) is 0 Å². The van der Waals surface area contributed by atoms with E-state index in [1.807, 2.05) is 0 Å². The Balaban J connectivity index is 2.26. The molecule has 0 aliphatic carbocycles. The van der Waals surface area contributed by atoms with Gasteiger partial charge in [0.1, 0.15) is 0 Å². The molecule has 100 valence electrons. The minimum Gasteiger partial charge on any atom is -0.354 e. The number of hydrogen-bond donors (Lipinski definition) is 1. The molecule has 0 aliphatic rings. The zero-order chi connectivity index (χ0) is 13.4. The standard InChI is InChI=1S/C15H22BrNO/c1-12-5-7-14(8-6-12)9-10-15(18)17-13(2)4-3-11-16/h5-8,13H,3-4,9-11H2,1-2H3,(H,17,18). The molecule has 1 amide bonds. The number of carbonyl (C=O) groups excluding carboxylic acids is 1. The Morgan fingerprint density at radius 2 is 2.00 bits per heavy atom. The van der Waals surface area contributed by atoms with Crippen LogP contribution in [0.5, 0.6) is 0 Å². The number of carbonyl (C=O) groups is 1. The highest BCUT2D eigenvalue weighted by molar-refractivity contribution is 9.09. The fraction of sp³-hybridized carbons (Fsp3) is 0.533. The summed E-state index contributed by atoms with van der Waals surface area (Å²) in [7, 11) is 0. The van der Waals surface area contributed by atoms with Crippen molar-refractivity contribution in [3.8, 4) is 0 Å². The van der Waals surface area contributed by atoms with Crippen molar-refractivity contribution in [2.75, 3.05) is 5.33 Å². The molecule has 0 fully saturated rings. The van der Waals surface area contributed by atoms with Crippen LogP contribution in [0.25, 0.3) is 0 Å². The van der Waals surface area contributed by atoms with E-state index in [9.17, 15) is 4.79 Å². The first-order valence-corrected chi connectivity index (χ1v) is 7.65. The number of amides is 1. The van der Waals surface area contributed by atoms with Crippen molar-refractivity contribution in [2.45, 2.75) is 45.6 Å². The molecule has 0 radical (unpaired) electrons. The molecule has 1 unspecified atom stereocenters. The lowest BCUT2D eigenvalue weighted by atomic mass is 10.1. The molecule has 0 heterocycles. The number of benzene rings is 1. The highest BCUT2D eigenvalue weighted by atomic mass is 79.9. The fourth-order valence-corrected chi connectivity index (χ4v) is 2.14. The molecule has 0 saturated carbocycles. The predicted molar refractivity (Wildman–Crippen MR) is 80.1 cm³/mol. The Kier molecular flexibility index (Phi) is 7.02. The van der Waals surface area contributed by atoms with Crippen LogP contribution in [-0.2, 0) is 11.2 Å². The lowest BCUT2D eigenvalue weighted by Gasteiger charge is -2.13. The Bertz CT molecular complexity index is 361. The van der Waals surface area contributed by atoms with Crippen LogP contribution in [-0.4, -0.2) is 17.3 Å². The van der Waals surface area contributed by atoms with E-state index in [1.54, 1.807) is 0 Å².